The number of H-pyrrole nitrogens is 1. The lowest BCUT2D eigenvalue weighted by Gasteiger charge is -2.06. The fraction of sp³-hybridized carbons (Fsp3) is 0.286. The van der Waals surface area contributed by atoms with Crippen molar-refractivity contribution in [1.82, 2.24) is 15.3 Å². The average Bonchev–Trinajstić information content (AvgIpc) is 2.87. The van der Waals surface area contributed by atoms with Crippen LogP contribution in [-0.2, 0) is 6.42 Å². The second-order valence-electron chi connectivity index (χ2n) is 4.38. The van der Waals surface area contributed by atoms with Crippen molar-refractivity contribution < 1.29 is 4.79 Å². The molecule has 0 radical (unpaired) electrons. The minimum absolute atomic E-state index is 0.135. The maximum Gasteiger partial charge on any atom is 0.252 e. The molecule has 0 fully saturated rings. The molecule has 0 unspecified atom stereocenters. The molecule has 0 aliphatic carbocycles. The minimum Gasteiger partial charge on any atom is -0.352 e. The summed E-state index contributed by atoms with van der Waals surface area (Å²) in [6.07, 6.45) is 5.16. The Bertz CT molecular complexity index is 552. The molecule has 2 rings (SSSR count). The molecule has 19 heavy (non-hydrogen) atoms. The molecule has 0 bridgehead atoms. The van der Waals surface area contributed by atoms with Crippen LogP contribution in [0, 0.1) is 6.92 Å². The summed E-state index contributed by atoms with van der Waals surface area (Å²) in [5, 5.41) is 3.35. The highest BCUT2D eigenvalue weighted by molar-refractivity contribution is 6.33. The first-order valence-corrected chi connectivity index (χ1v) is 6.57. The lowest BCUT2D eigenvalue weighted by atomic mass is 10.1. The average molecular weight is 278 g/mol. The number of imidazole rings is 1. The second kappa shape index (κ2) is 6.38. The van der Waals surface area contributed by atoms with Gasteiger partial charge in [0, 0.05) is 25.4 Å². The molecule has 1 heterocycles. The molecule has 100 valence electrons. The first-order chi connectivity index (χ1) is 9.16. The van der Waals surface area contributed by atoms with Gasteiger partial charge >= 0.3 is 0 Å². The van der Waals surface area contributed by atoms with Gasteiger partial charge in [-0.15, -0.1) is 0 Å². The molecule has 0 saturated carbocycles. The van der Waals surface area contributed by atoms with Gasteiger partial charge in [0.2, 0.25) is 0 Å². The normalized spacial score (nSPS) is 10.4. The third-order valence-corrected chi connectivity index (χ3v) is 3.11. The maximum absolute atomic E-state index is 11.9. The van der Waals surface area contributed by atoms with Crippen LogP contribution in [0.15, 0.2) is 30.6 Å². The smallest absolute Gasteiger partial charge is 0.252 e. The summed E-state index contributed by atoms with van der Waals surface area (Å²) in [6.45, 7) is 2.54. The monoisotopic (exact) mass is 277 g/mol. The Morgan fingerprint density at radius 1 is 1.47 bits per heavy atom. The fourth-order valence-electron chi connectivity index (χ4n) is 1.79. The van der Waals surface area contributed by atoms with Gasteiger partial charge in [0.05, 0.1) is 10.6 Å². The van der Waals surface area contributed by atoms with Gasteiger partial charge < -0.3 is 10.3 Å². The van der Waals surface area contributed by atoms with Crippen LogP contribution in [0.4, 0.5) is 0 Å². The highest BCUT2D eigenvalue weighted by Crippen LogP contribution is 2.17. The zero-order valence-electron chi connectivity index (χ0n) is 10.7. The lowest BCUT2D eigenvalue weighted by molar-refractivity contribution is 0.0953. The number of nitrogens with one attached hydrogen (secondary N) is 2. The quantitative estimate of drug-likeness (QED) is 0.826. The lowest BCUT2D eigenvalue weighted by Crippen LogP contribution is -2.25. The zero-order valence-corrected chi connectivity index (χ0v) is 11.5. The summed E-state index contributed by atoms with van der Waals surface area (Å²) in [5.41, 5.74) is 1.56. The third kappa shape index (κ3) is 3.83. The van der Waals surface area contributed by atoms with E-state index in [4.69, 9.17) is 11.6 Å². The number of aromatic nitrogens is 2. The molecule has 1 aromatic heterocycles. The standard InChI is InChI=1S/C14H16ClN3O/c1-10-4-5-11(12(15)9-10)14(19)18-6-2-3-13-16-7-8-17-13/h4-5,7-9H,2-3,6H2,1H3,(H,16,17)(H,18,19). The van der Waals surface area contributed by atoms with Gasteiger partial charge in [0.1, 0.15) is 5.82 Å². The fourth-order valence-corrected chi connectivity index (χ4v) is 2.11. The van der Waals surface area contributed by atoms with Gasteiger partial charge in [-0.1, -0.05) is 17.7 Å². The summed E-state index contributed by atoms with van der Waals surface area (Å²) in [5.74, 6) is 0.798. The summed E-state index contributed by atoms with van der Waals surface area (Å²) in [4.78, 5) is 19.1. The number of aryl methyl sites for hydroxylation is 2. The van der Waals surface area contributed by atoms with Gasteiger partial charge in [-0.2, -0.15) is 0 Å². The number of benzene rings is 1. The van der Waals surface area contributed by atoms with Crippen LogP contribution >= 0.6 is 11.6 Å². The van der Waals surface area contributed by atoms with Crippen LogP contribution in [0.2, 0.25) is 5.02 Å². The van der Waals surface area contributed by atoms with E-state index in [2.05, 4.69) is 15.3 Å². The third-order valence-electron chi connectivity index (χ3n) is 2.80. The summed E-state index contributed by atoms with van der Waals surface area (Å²) in [6, 6.07) is 5.42. The van der Waals surface area contributed by atoms with Gasteiger partial charge in [0.15, 0.2) is 0 Å². The van der Waals surface area contributed by atoms with Gasteiger partial charge in [-0.05, 0) is 31.0 Å². The van der Waals surface area contributed by atoms with E-state index < -0.39 is 0 Å². The maximum atomic E-state index is 11.9. The summed E-state index contributed by atoms with van der Waals surface area (Å²) >= 11 is 6.04. The number of carbonyl (C=O) groups is 1. The predicted octanol–water partition coefficient (Wildman–Crippen LogP) is 2.73. The number of hydrogen-bond acceptors (Lipinski definition) is 2. The van der Waals surface area contributed by atoms with E-state index in [0.29, 0.717) is 17.1 Å². The predicted molar refractivity (Wildman–Crippen MR) is 75.4 cm³/mol. The van der Waals surface area contributed by atoms with Crippen molar-refractivity contribution in [2.24, 2.45) is 0 Å². The van der Waals surface area contributed by atoms with Crippen molar-refractivity contribution >= 4 is 17.5 Å². The van der Waals surface area contributed by atoms with E-state index in [1.54, 1.807) is 24.5 Å². The Morgan fingerprint density at radius 2 is 2.32 bits per heavy atom. The van der Waals surface area contributed by atoms with Crippen LogP contribution in [0.25, 0.3) is 0 Å². The molecule has 0 aliphatic rings. The van der Waals surface area contributed by atoms with Crippen molar-refractivity contribution in [3.63, 3.8) is 0 Å². The van der Waals surface area contributed by atoms with Crippen LogP contribution in [0.3, 0.4) is 0 Å². The van der Waals surface area contributed by atoms with Crippen LogP contribution in [0.1, 0.15) is 28.2 Å². The van der Waals surface area contributed by atoms with Crippen LogP contribution in [0.5, 0.6) is 0 Å². The number of halogens is 1. The second-order valence-corrected chi connectivity index (χ2v) is 4.79. The molecule has 2 N–H and O–H groups in total. The van der Waals surface area contributed by atoms with Crippen LogP contribution in [-0.4, -0.2) is 22.4 Å². The molecular formula is C14H16ClN3O. The summed E-state index contributed by atoms with van der Waals surface area (Å²) in [7, 11) is 0. The van der Waals surface area contributed by atoms with Crippen molar-refractivity contribution in [3.05, 3.63) is 52.6 Å². The molecule has 2 aromatic rings. The number of rotatable bonds is 5. The SMILES string of the molecule is Cc1ccc(C(=O)NCCCc2ncc[nH]2)c(Cl)c1. The van der Waals surface area contributed by atoms with E-state index in [-0.39, 0.29) is 5.91 Å². The van der Waals surface area contributed by atoms with E-state index in [9.17, 15) is 4.79 Å². The number of amides is 1. The number of carbonyl (C=O) groups excluding carboxylic acids is 1. The van der Waals surface area contributed by atoms with Gasteiger partial charge in [-0.3, -0.25) is 4.79 Å². The van der Waals surface area contributed by atoms with Crippen molar-refractivity contribution in [3.8, 4) is 0 Å². The number of hydrogen-bond donors (Lipinski definition) is 2. The Morgan fingerprint density at radius 3 is 3.00 bits per heavy atom. The first kappa shape index (κ1) is 13.6. The molecule has 0 aliphatic heterocycles. The molecule has 0 atom stereocenters. The topological polar surface area (TPSA) is 57.8 Å². The number of nitrogens with zero attached hydrogens (tertiary/aromatic N) is 1. The molecule has 1 aromatic carbocycles. The van der Waals surface area contributed by atoms with Crippen LogP contribution < -0.4 is 5.32 Å². The molecular weight excluding hydrogens is 262 g/mol. The van der Waals surface area contributed by atoms with Gasteiger partial charge in [-0.25, -0.2) is 4.98 Å². The number of aromatic amines is 1. The Hall–Kier alpha value is -1.81. The first-order valence-electron chi connectivity index (χ1n) is 6.19. The summed E-state index contributed by atoms with van der Waals surface area (Å²) < 4.78 is 0. The van der Waals surface area contributed by atoms with E-state index in [1.807, 2.05) is 13.0 Å². The highest BCUT2D eigenvalue weighted by atomic mass is 35.5. The van der Waals surface area contributed by atoms with Crippen molar-refractivity contribution in [2.75, 3.05) is 6.54 Å². The largest absolute Gasteiger partial charge is 0.352 e. The molecule has 1 amide bonds. The van der Waals surface area contributed by atoms with Gasteiger partial charge in [0.25, 0.3) is 5.91 Å². The molecule has 4 nitrogen and oxygen atoms in total. The Labute approximate surface area is 117 Å². The Kier molecular flexibility index (Phi) is 4.58. The minimum atomic E-state index is -0.135. The zero-order chi connectivity index (χ0) is 13.7. The van der Waals surface area contributed by atoms with Crippen molar-refractivity contribution in [1.29, 1.82) is 0 Å². The molecule has 0 spiro atoms. The van der Waals surface area contributed by atoms with E-state index >= 15 is 0 Å². The molecule has 5 heteroatoms. The highest BCUT2D eigenvalue weighted by Gasteiger charge is 2.09. The van der Waals surface area contributed by atoms with Crippen molar-refractivity contribution in [2.45, 2.75) is 19.8 Å². The van der Waals surface area contributed by atoms with E-state index in [1.165, 1.54) is 0 Å². The molecule has 0 saturated heterocycles. The van der Waals surface area contributed by atoms with E-state index in [0.717, 1.165) is 24.2 Å². The Balaban J connectivity index is 1.81.